The smallest absolute Gasteiger partial charge is 0.246 e. The topological polar surface area (TPSA) is 108 Å². The molecule has 9 heteroatoms. The first-order valence-corrected chi connectivity index (χ1v) is 12.1. The molecule has 4 rings (SSSR count). The molecule has 3 N–H and O–H groups in total. The van der Waals surface area contributed by atoms with E-state index in [1.807, 2.05) is 32.0 Å². The third-order valence-electron chi connectivity index (χ3n) is 6.62. The van der Waals surface area contributed by atoms with Gasteiger partial charge in [0.1, 0.15) is 11.6 Å². The molecule has 32 heavy (non-hydrogen) atoms. The second-order valence-electron chi connectivity index (χ2n) is 9.14. The molecule has 1 aromatic rings. The van der Waals surface area contributed by atoms with Crippen LogP contribution in [0.5, 0.6) is 0 Å². The molecule has 0 aromatic heterocycles. The standard InChI is InChI=1S/C23H30BrN3O5/c1-13(2)25-21(30)19-23-12-15(24)18(32-23)16(20(29)26-14-8-4-3-5-9-14)17(23)22(31)27(19)10-6-7-11-28/h3-5,8-9,13,15-19,28H,6-7,10-12H2,1-2H3,(H,25,30)(H,26,29)/t15?,16-,17+,18-,19?,23?/m1/s1. The predicted molar refractivity (Wildman–Crippen MR) is 122 cm³/mol. The minimum Gasteiger partial charge on any atom is -0.396 e. The third-order valence-corrected chi connectivity index (χ3v) is 7.46. The number of para-hydroxylation sites is 1. The molecule has 3 unspecified atom stereocenters. The molecule has 0 aliphatic carbocycles. The Morgan fingerprint density at radius 3 is 2.62 bits per heavy atom. The Hall–Kier alpha value is -1.97. The van der Waals surface area contributed by atoms with Gasteiger partial charge in [0, 0.05) is 29.7 Å². The zero-order valence-corrected chi connectivity index (χ0v) is 19.9. The number of ether oxygens (including phenoxy) is 1. The van der Waals surface area contributed by atoms with Crippen LogP contribution in [0, 0.1) is 11.8 Å². The highest BCUT2D eigenvalue weighted by molar-refractivity contribution is 9.09. The molecule has 3 heterocycles. The Balaban J connectivity index is 1.67. The highest BCUT2D eigenvalue weighted by atomic mass is 79.9. The van der Waals surface area contributed by atoms with Crippen LogP contribution >= 0.6 is 15.9 Å². The summed E-state index contributed by atoms with van der Waals surface area (Å²) in [6, 6.07) is 8.22. The minimum atomic E-state index is -1.05. The maximum absolute atomic E-state index is 13.6. The summed E-state index contributed by atoms with van der Waals surface area (Å²) < 4.78 is 6.41. The van der Waals surface area contributed by atoms with Crippen molar-refractivity contribution in [3.05, 3.63) is 30.3 Å². The van der Waals surface area contributed by atoms with E-state index in [1.165, 1.54) is 0 Å². The van der Waals surface area contributed by atoms with Gasteiger partial charge in [-0.3, -0.25) is 14.4 Å². The summed E-state index contributed by atoms with van der Waals surface area (Å²) in [5.41, 5.74) is -0.396. The monoisotopic (exact) mass is 507 g/mol. The van der Waals surface area contributed by atoms with Crippen molar-refractivity contribution in [3.63, 3.8) is 0 Å². The number of benzene rings is 1. The van der Waals surface area contributed by atoms with Crippen LogP contribution in [0.3, 0.4) is 0 Å². The summed E-state index contributed by atoms with van der Waals surface area (Å²) >= 11 is 3.65. The Labute approximate surface area is 196 Å². The molecule has 1 aromatic carbocycles. The van der Waals surface area contributed by atoms with E-state index in [4.69, 9.17) is 4.74 Å². The van der Waals surface area contributed by atoms with E-state index in [2.05, 4.69) is 26.6 Å². The summed E-state index contributed by atoms with van der Waals surface area (Å²) in [6.07, 6.45) is 1.10. The van der Waals surface area contributed by atoms with Gasteiger partial charge in [0.25, 0.3) is 0 Å². The van der Waals surface area contributed by atoms with E-state index in [1.54, 1.807) is 17.0 Å². The van der Waals surface area contributed by atoms with Crippen molar-refractivity contribution in [1.82, 2.24) is 10.2 Å². The average Bonchev–Trinajstić information content (AvgIpc) is 3.32. The number of aliphatic hydroxyl groups excluding tert-OH is 1. The van der Waals surface area contributed by atoms with Gasteiger partial charge in [-0.25, -0.2) is 0 Å². The average molecular weight is 508 g/mol. The predicted octanol–water partition coefficient (Wildman–Crippen LogP) is 1.67. The number of anilines is 1. The van der Waals surface area contributed by atoms with Crippen LogP contribution in [0.25, 0.3) is 0 Å². The van der Waals surface area contributed by atoms with Gasteiger partial charge in [-0.2, -0.15) is 0 Å². The minimum absolute atomic E-state index is 0.0175. The number of fused-ring (bicyclic) bond motifs is 1. The van der Waals surface area contributed by atoms with Crippen LogP contribution in [0.15, 0.2) is 30.3 Å². The quantitative estimate of drug-likeness (QED) is 0.366. The molecule has 3 saturated heterocycles. The fraction of sp³-hybridized carbons (Fsp3) is 0.609. The first-order valence-electron chi connectivity index (χ1n) is 11.2. The van der Waals surface area contributed by atoms with Crippen LogP contribution in [0.2, 0.25) is 0 Å². The number of likely N-dealkylation sites (tertiary alicyclic amines) is 1. The highest BCUT2D eigenvalue weighted by Crippen LogP contribution is 2.60. The van der Waals surface area contributed by atoms with Crippen LogP contribution in [-0.4, -0.2) is 69.5 Å². The molecular formula is C23H30BrN3O5. The summed E-state index contributed by atoms with van der Waals surface area (Å²) in [6.45, 7) is 4.10. The molecule has 8 nitrogen and oxygen atoms in total. The highest BCUT2D eigenvalue weighted by Gasteiger charge is 2.76. The Bertz CT molecular complexity index is 882. The van der Waals surface area contributed by atoms with E-state index in [-0.39, 0.29) is 35.2 Å². The van der Waals surface area contributed by atoms with Crippen molar-refractivity contribution in [2.45, 2.75) is 61.7 Å². The largest absolute Gasteiger partial charge is 0.396 e. The number of rotatable bonds is 8. The maximum Gasteiger partial charge on any atom is 0.246 e. The molecule has 3 aliphatic heterocycles. The lowest BCUT2D eigenvalue weighted by atomic mass is 9.70. The Morgan fingerprint density at radius 1 is 1.25 bits per heavy atom. The molecule has 0 radical (unpaired) electrons. The summed E-state index contributed by atoms with van der Waals surface area (Å²) in [5.74, 6) is -2.17. The Kier molecular flexibility index (Phi) is 6.61. The van der Waals surface area contributed by atoms with Gasteiger partial charge >= 0.3 is 0 Å². The van der Waals surface area contributed by atoms with Crippen molar-refractivity contribution < 1.29 is 24.2 Å². The summed E-state index contributed by atoms with van der Waals surface area (Å²) in [4.78, 5) is 41.7. The maximum atomic E-state index is 13.6. The second-order valence-corrected chi connectivity index (χ2v) is 10.3. The number of carbonyl (C=O) groups is 3. The number of unbranched alkanes of at least 4 members (excludes halogenated alkanes) is 1. The number of carbonyl (C=O) groups excluding carboxylic acids is 3. The summed E-state index contributed by atoms with van der Waals surface area (Å²) in [7, 11) is 0. The molecule has 2 bridgehead atoms. The van der Waals surface area contributed by atoms with E-state index in [0.717, 1.165) is 0 Å². The molecule has 1 spiro atoms. The fourth-order valence-electron chi connectivity index (χ4n) is 5.47. The number of amides is 3. The van der Waals surface area contributed by atoms with Gasteiger partial charge in [0.15, 0.2) is 0 Å². The van der Waals surface area contributed by atoms with Crippen LogP contribution in [0.1, 0.15) is 33.1 Å². The first-order chi connectivity index (χ1) is 15.3. The van der Waals surface area contributed by atoms with E-state index in [0.29, 0.717) is 31.5 Å². The zero-order valence-electron chi connectivity index (χ0n) is 18.3. The lowest BCUT2D eigenvalue weighted by molar-refractivity contribution is -0.141. The molecule has 6 atom stereocenters. The van der Waals surface area contributed by atoms with Crippen molar-refractivity contribution >= 4 is 39.3 Å². The normalized spacial score (nSPS) is 33.0. The number of nitrogens with one attached hydrogen (secondary N) is 2. The van der Waals surface area contributed by atoms with Gasteiger partial charge < -0.3 is 25.4 Å². The van der Waals surface area contributed by atoms with Crippen LogP contribution < -0.4 is 10.6 Å². The van der Waals surface area contributed by atoms with Crippen molar-refractivity contribution in [2.24, 2.45) is 11.8 Å². The van der Waals surface area contributed by atoms with Crippen LogP contribution in [0.4, 0.5) is 5.69 Å². The molecule has 3 amide bonds. The summed E-state index contributed by atoms with van der Waals surface area (Å²) in [5, 5.41) is 15.0. The number of halogens is 1. The number of hydrogen-bond acceptors (Lipinski definition) is 5. The van der Waals surface area contributed by atoms with Crippen molar-refractivity contribution in [1.29, 1.82) is 0 Å². The number of hydrogen-bond donors (Lipinski definition) is 3. The number of alkyl halides is 1. The molecule has 3 fully saturated rings. The molecular weight excluding hydrogens is 478 g/mol. The molecule has 0 saturated carbocycles. The molecule has 3 aliphatic rings. The van der Waals surface area contributed by atoms with Gasteiger partial charge in [-0.15, -0.1) is 0 Å². The third kappa shape index (κ3) is 3.84. The Morgan fingerprint density at radius 2 is 1.97 bits per heavy atom. The van der Waals surface area contributed by atoms with E-state index >= 15 is 0 Å². The van der Waals surface area contributed by atoms with Gasteiger partial charge in [-0.1, -0.05) is 34.1 Å². The van der Waals surface area contributed by atoms with E-state index in [9.17, 15) is 19.5 Å². The first kappa shape index (κ1) is 23.2. The zero-order chi connectivity index (χ0) is 23.0. The van der Waals surface area contributed by atoms with Crippen LogP contribution in [-0.2, 0) is 19.1 Å². The van der Waals surface area contributed by atoms with Gasteiger partial charge in [-0.05, 0) is 45.2 Å². The molecule has 174 valence electrons. The van der Waals surface area contributed by atoms with E-state index < -0.39 is 29.6 Å². The fourth-order valence-corrected chi connectivity index (χ4v) is 6.42. The lowest BCUT2D eigenvalue weighted by Crippen LogP contribution is -2.56. The van der Waals surface area contributed by atoms with Gasteiger partial charge in [0.05, 0.1) is 17.9 Å². The van der Waals surface area contributed by atoms with Crippen molar-refractivity contribution in [2.75, 3.05) is 18.5 Å². The van der Waals surface area contributed by atoms with Crippen molar-refractivity contribution in [3.8, 4) is 0 Å². The lowest BCUT2D eigenvalue weighted by Gasteiger charge is -2.34. The second kappa shape index (κ2) is 9.11. The SMILES string of the molecule is CC(C)NC(=O)C1N(CCCCO)C(=O)[C@@H]2[C@@H](C(=O)Nc3ccccc3)[C@@H]3OC12CC3Br. The number of aliphatic hydroxyl groups is 1. The number of nitrogens with zero attached hydrogens (tertiary/aromatic N) is 1. The van der Waals surface area contributed by atoms with Gasteiger partial charge in [0.2, 0.25) is 17.7 Å².